The highest BCUT2D eigenvalue weighted by atomic mass is 79.9. The predicted octanol–water partition coefficient (Wildman–Crippen LogP) is 4.67. The molecule has 0 amide bonds. The Bertz CT molecular complexity index is 175. The fourth-order valence-electron chi connectivity index (χ4n) is 1.10. The van der Waals surface area contributed by atoms with Crippen molar-refractivity contribution in [3.8, 4) is 0 Å². The zero-order chi connectivity index (χ0) is 9.56. The summed E-state index contributed by atoms with van der Waals surface area (Å²) in [5.74, 6) is 0.731. The lowest BCUT2D eigenvalue weighted by Gasteiger charge is -2.08. The maximum atomic E-state index is 3.59. The van der Waals surface area contributed by atoms with Gasteiger partial charge in [-0.3, -0.25) is 0 Å². The summed E-state index contributed by atoms with van der Waals surface area (Å²) >= 11 is 3.59. The van der Waals surface area contributed by atoms with Crippen LogP contribution in [0.1, 0.15) is 40.5 Å². The number of halogens is 1. The standard InChI is InChI=1S/C11H19Br/c1-5-7-11(12)10(6-2)8-9(3)4/h6-7,9H,5,8H2,1-4H3/b10-6-,11-7+. The second-order valence-corrected chi connectivity index (χ2v) is 4.23. The average Bonchev–Trinajstić information content (AvgIpc) is 2.00. The van der Waals surface area contributed by atoms with E-state index in [-0.39, 0.29) is 0 Å². The van der Waals surface area contributed by atoms with Gasteiger partial charge in [-0.05, 0) is 31.3 Å². The Morgan fingerprint density at radius 1 is 1.42 bits per heavy atom. The van der Waals surface area contributed by atoms with Crippen LogP contribution in [0.15, 0.2) is 22.2 Å². The SMILES string of the molecule is C/C=C(CC(C)C)\C(Br)=C/CC. The van der Waals surface area contributed by atoms with Crippen molar-refractivity contribution in [2.45, 2.75) is 40.5 Å². The highest BCUT2D eigenvalue weighted by molar-refractivity contribution is 9.12. The summed E-state index contributed by atoms with van der Waals surface area (Å²) < 4.78 is 1.27. The summed E-state index contributed by atoms with van der Waals surface area (Å²) in [6.07, 6.45) is 6.66. The summed E-state index contributed by atoms with van der Waals surface area (Å²) in [5.41, 5.74) is 1.42. The van der Waals surface area contributed by atoms with Crippen LogP contribution in [0.2, 0.25) is 0 Å². The minimum Gasteiger partial charge on any atom is -0.0833 e. The summed E-state index contributed by atoms with van der Waals surface area (Å²) in [5, 5.41) is 0. The van der Waals surface area contributed by atoms with E-state index < -0.39 is 0 Å². The molecule has 0 radical (unpaired) electrons. The Kier molecular flexibility index (Phi) is 6.45. The van der Waals surface area contributed by atoms with Crippen molar-refractivity contribution in [1.29, 1.82) is 0 Å². The van der Waals surface area contributed by atoms with E-state index in [1.165, 1.54) is 10.1 Å². The highest BCUT2D eigenvalue weighted by Crippen LogP contribution is 2.24. The van der Waals surface area contributed by atoms with E-state index >= 15 is 0 Å². The molecule has 0 aromatic rings. The van der Waals surface area contributed by atoms with Crippen molar-refractivity contribution in [2.24, 2.45) is 5.92 Å². The van der Waals surface area contributed by atoms with Crippen molar-refractivity contribution in [2.75, 3.05) is 0 Å². The lowest BCUT2D eigenvalue weighted by molar-refractivity contribution is 0.648. The van der Waals surface area contributed by atoms with Crippen LogP contribution in [0, 0.1) is 5.92 Å². The van der Waals surface area contributed by atoms with E-state index in [0.29, 0.717) is 0 Å². The third-order valence-electron chi connectivity index (χ3n) is 1.67. The molecule has 0 aliphatic rings. The van der Waals surface area contributed by atoms with Gasteiger partial charge in [0.1, 0.15) is 0 Å². The molecule has 0 aliphatic carbocycles. The maximum Gasteiger partial charge on any atom is 0.0164 e. The van der Waals surface area contributed by atoms with E-state index in [9.17, 15) is 0 Å². The predicted molar refractivity (Wildman–Crippen MR) is 60.5 cm³/mol. The molecule has 0 aromatic carbocycles. The summed E-state index contributed by atoms with van der Waals surface area (Å²) in [6, 6.07) is 0. The summed E-state index contributed by atoms with van der Waals surface area (Å²) in [7, 11) is 0. The first-order valence-corrected chi connectivity index (χ1v) is 5.42. The van der Waals surface area contributed by atoms with E-state index in [2.05, 4.69) is 55.8 Å². The van der Waals surface area contributed by atoms with Gasteiger partial charge in [0, 0.05) is 4.48 Å². The zero-order valence-corrected chi connectivity index (χ0v) is 10.1. The monoisotopic (exact) mass is 230 g/mol. The first-order chi connectivity index (χ1) is 5.61. The summed E-state index contributed by atoms with van der Waals surface area (Å²) in [4.78, 5) is 0. The van der Waals surface area contributed by atoms with Crippen LogP contribution >= 0.6 is 15.9 Å². The molecule has 0 atom stereocenters. The molecule has 0 aromatic heterocycles. The molecule has 0 N–H and O–H groups in total. The third kappa shape index (κ3) is 4.76. The molecular formula is C11H19Br. The van der Waals surface area contributed by atoms with Gasteiger partial charge in [0.15, 0.2) is 0 Å². The van der Waals surface area contributed by atoms with Crippen LogP contribution in [0.4, 0.5) is 0 Å². The fourth-order valence-corrected chi connectivity index (χ4v) is 1.82. The second kappa shape index (κ2) is 6.47. The number of allylic oxidation sites excluding steroid dienone is 4. The number of hydrogen-bond donors (Lipinski definition) is 0. The van der Waals surface area contributed by atoms with Gasteiger partial charge in [0.2, 0.25) is 0 Å². The average molecular weight is 231 g/mol. The quantitative estimate of drug-likeness (QED) is 0.617. The Labute approximate surface area is 84.9 Å². The molecule has 0 saturated carbocycles. The molecule has 12 heavy (non-hydrogen) atoms. The Balaban J connectivity index is 4.27. The van der Waals surface area contributed by atoms with E-state index in [1.54, 1.807) is 0 Å². The minimum absolute atomic E-state index is 0.731. The normalized spacial score (nSPS) is 14.2. The molecule has 0 saturated heterocycles. The molecule has 0 aliphatic heterocycles. The molecule has 0 rings (SSSR count). The van der Waals surface area contributed by atoms with Crippen molar-refractivity contribution >= 4 is 15.9 Å². The van der Waals surface area contributed by atoms with Gasteiger partial charge in [0.05, 0.1) is 0 Å². The molecule has 0 spiro atoms. The Morgan fingerprint density at radius 3 is 2.33 bits per heavy atom. The molecule has 70 valence electrons. The molecule has 1 heteroatoms. The second-order valence-electron chi connectivity index (χ2n) is 3.37. The first kappa shape index (κ1) is 12.0. The molecular weight excluding hydrogens is 212 g/mol. The smallest absolute Gasteiger partial charge is 0.0164 e. The van der Waals surface area contributed by atoms with Crippen LogP contribution < -0.4 is 0 Å². The van der Waals surface area contributed by atoms with Gasteiger partial charge in [-0.25, -0.2) is 0 Å². The van der Waals surface area contributed by atoms with E-state index in [0.717, 1.165) is 18.8 Å². The Morgan fingerprint density at radius 2 is 2.00 bits per heavy atom. The van der Waals surface area contributed by atoms with Gasteiger partial charge in [-0.15, -0.1) is 0 Å². The fraction of sp³-hybridized carbons (Fsp3) is 0.636. The van der Waals surface area contributed by atoms with E-state index in [1.807, 2.05) is 0 Å². The minimum atomic E-state index is 0.731. The molecule has 0 heterocycles. The van der Waals surface area contributed by atoms with Crippen molar-refractivity contribution < 1.29 is 0 Å². The molecule has 0 fully saturated rings. The third-order valence-corrected chi connectivity index (χ3v) is 2.50. The molecule has 0 nitrogen and oxygen atoms in total. The van der Waals surface area contributed by atoms with Crippen LogP contribution in [0.25, 0.3) is 0 Å². The zero-order valence-electron chi connectivity index (χ0n) is 8.52. The van der Waals surface area contributed by atoms with Gasteiger partial charge in [0.25, 0.3) is 0 Å². The maximum absolute atomic E-state index is 3.59. The number of rotatable bonds is 4. The Hall–Kier alpha value is -0.0400. The van der Waals surface area contributed by atoms with Crippen LogP contribution in [0.5, 0.6) is 0 Å². The topological polar surface area (TPSA) is 0 Å². The molecule has 0 unspecified atom stereocenters. The van der Waals surface area contributed by atoms with Crippen molar-refractivity contribution in [3.63, 3.8) is 0 Å². The van der Waals surface area contributed by atoms with Gasteiger partial charge in [-0.1, -0.05) is 48.9 Å². The van der Waals surface area contributed by atoms with Gasteiger partial charge < -0.3 is 0 Å². The van der Waals surface area contributed by atoms with Gasteiger partial charge in [-0.2, -0.15) is 0 Å². The van der Waals surface area contributed by atoms with Crippen LogP contribution in [0.3, 0.4) is 0 Å². The lowest BCUT2D eigenvalue weighted by atomic mass is 10.0. The van der Waals surface area contributed by atoms with Crippen molar-refractivity contribution in [1.82, 2.24) is 0 Å². The highest BCUT2D eigenvalue weighted by Gasteiger charge is 2.02. The van der Waals surface area contributed by atoms with Gasteiger partial charge >= 0.3 is 0 Å². The summed E-state index contributed by atoms with van der Waals surface area (Å²) in [6.45, 7) is 8.75. The number of hydrogen-bond acceptors (Lipinski definition) is 0. The first-order valence-electron chi connectivity index (χ1n) is 4.63. The molecule has 0 bridgehead atoms. The lowest BCUT2D eigenvalue weighted by Crippen LogP contribution is -1.91. The largest absolute Gasteiger partial charge is 0.0833 e. The van der Waals surface area contributed by atoms with Crippen LogP contribution in [-0.2, 0) is 0 Å². The van der Waals surface area contributed by atoms with Crippen molar-refractivity contribution in [3.05, 3.63) is 22.2 Å². The van der Waals surface area contributed by atoms with E-state index in [4.69, 9.17) is 0 Å². The van der Waals surface area contributed by atoms with Crippen LogP contribution in [-0.4, -0.2) is 0 Å².